The van der Waals surface area contributed by atoms with Gasteiger partial charge in [-0.3, -0.25) is 0 Å². The van der Waals surface area contributed by atoms with Crippen LogP contribution in [0.3, 0.4) is 0 Å². The lowest BCUT2D eigenvalue weighted by atomic mass is 10.3. The molecule has 1 aromatic carbocycles. The predicted octanol–water partition coefficient (Wildman–Crippen LogP) is 4.21. The van der Waals surface area contributed by atoms with E-state index in [4.69, 9.17) is 16.3 Å². The fourth-order valence-corrected chi connectivity index (χ4v) is 2.32. The average molecular weight is 343 g/mol. The van der Waals surface area contributed by atoms with Gasteiger partial charge in [0.25, 0.3) is 0 Å². The average Bonchev–Trinajstić information content (AvgIpc) is 2.38. The summed E-state index contributed by atoms with van der Waals surface area (Å²) in [6.07, 6.45) is 0.738. The summed E-state index contributed by atoms with van der Waals surface area (Å²) in [5, 5.41) is 3.62. The van der Waals surface area contributed by atoms with Gasteiger partial charge < -0.3 is 10.1 Å². The van der Waals surface area contributed by atoms with Crippen molar-refractivity contribution >= 4 is 39.0 Å². The molecule has 2 aromatic rings. The minimum atomic E-state index is 0.432. The van der Waals surface area contributed by atoms with Crippen molar-refractivity contribution in [2.24, 2.45) is 0 Å². The van der Waals surface area contributed by atoms with Crippen molar-refractivity contribution in [3.8, 4) is 5.75 Å². The van der Waals surface area contributed by atoms with E-state index in [0.717, 1.165) is 22.3 Å². The van der Waals surface area contributed by atoms with Crippen molar-refractivity contribution in [1.82, 2.24) is 9.97 Å². The summed E-state index contributed by atoms with van der Waals surface area (Å²) in [6.45, 7) is 1.99. The third-order valence-corrected chi connectivity index (χ3v) is 3.29. The topological polar surface area (TPSA) is 47.0 Å². The fourth-order valence-electron chi connectivity index (χ4n) is 1.58. The Morgan fingerprint density at radius 2 is 2.11 bits per heavy atom. The number of benzene rings is 1. The molecular formula is C13H13BrClN3O. The molecule has 0 aliphatic heterocycles. The number of ether oxygens (including phenoxy) is 1. The molecule has 1 aromatic heterocycles. The molecule has 0 unspecified atom stereocenters. The number of hydrogen-bond donors (Lipinski definition) is 1. The van der Waals surface area contributed by atoms with Crippen LogP contribution in [0.15, 0.2) is 28.7 Å². The Hall–Kier alpha value is -1.33. The van der Waals surface area contributed by atoms with Gasteiger partial charge in [0.1, 0.15) is 22.5 Å². The highest BCUT2D eigenvalue weighted by molar-refractivity contribution is 9.10. The zero-order chi connectivity index (χ0) is 13.8. The van der Waals surface area contributed by atoms with Gasteiger partial charge in [0.2, 0.25) is 0 Å². The highest BCUT2D eigenvalue weighted by Crippen LogP contribution is 2.29. The van der Waals surface area contributed by atoms with Crippen LogP contribution >= 0.6 is 27.5 Å². The van der Waals surface area contributed by atoms with Gasteiger partial charge in [-0.05, 0) is 34.1 Å². The summed E-state index contributed by atoms with van der Waals surface area (Å²) in [6, 6.07) is 7.39. The van der Waals surface area contributed by atoms with Crippen molar-refractivity contribution < 1.29 is 4.74 Å². The van der Waals surface area contributed by atoms with Gasteiger partial charge >= 0.3 is 0 Å². The Bertz CT molecular complexity index is 592. The van der Waals surface area contributed by atoms with Crippen molar-refractivity contribution in [3.05, 3.63) is 39.7 Å². The lowest BCUT2D eigenvalue weighted by molar-refractivity contribution is 0.412. The van der Waals surface area contributed by atoms with Crippen LogP contribution < -0.4 is 10.1 Å². The number of aromatic nitrogens is 2. The van der Waals surface area contributed by atoms with Gasteiger partial charge in [-0.1, -0.05) is 18.5 Å². The highest BCUT2D eigenvalue weighted by atomic mass is 79.9. The lowest BCUT2D eigenvalue weighted by Gasteiger charge is -2.09. The van der Waals surface area contributed by atoms with Crippen molar-refractivity contribution in [2.75, 3.05) is 12.4 Å². The van der Waals surface area contributed by atoms with Gasteiger partial charge in [0.15, 0.2) is 0 Å². The molecule has 0 spiro atoms. The third kappa shape index (κ3) is 3.58. The molecule has 0 atom stereocenters. The molecular weight excluding hydrogens is 330 g/mol. The second-order valence-corrected chi connectivity index (χ2v) is 5.06. The SMILES string of the molecule is CCc1nc(Cl)cc(Nc2ccc(OC)c(Br)c2)n1. The fraction of sp³-hybridized carbons (Fsp3) is 0.231. The highest BCUT2D eigenvalue weighted by Gasteiger charge is 2.05. The van der Waals surface area contributed by atoms with Crippen LogP contribution in [0.1, 0.15) is 12.7 Å². The van der Waals surface area contributed by atoms with Crippen LogP contribution in [-0.4, -0.2) is 17.1 Å². The van der Waals surface area contributed by atoms with Gasteiger partial charge in [-0.2, -0.15) is 0 Å². The Morgan fingerprint density at radius 1 is 1.32 bits per heavy atom. The molecule has 4 nitrogen and oxygen atoms in total. The van der Waals surface area contributed by atoms with Gasteiger partial charge in [-0.15, -0.1) is 0 Å². The van der Waals surface area contributed by atoms with E-state index in [-0.39, 0.29) is 0 Å². The maximum absolute atomic E-state index is 5.95. The molecule has 2 rings (SSSR count). The molecule has 0 aliphatic carbocycles. The van der Waals surface area contributed by atoms with Crippen molar-refractivity contribution in [3.63, 3.8) is 0 Å². The maximum atomic E-state index is 5.95. The second kappa shape index (κ2) is 6.21. The van der Waals surface area contributed by atoms with E-state index in [0.29, 0.717) is 16.8 Å². The smallest absolute Gasteiger partial charge is 0.135 e. The van der Waals surface area contributed by atoms with E-state index in [9.17, 15) is 0 Å². The van der Waals surface area contributed by atoms with Crippen LogP contribution in [0.4, 0.5) is 11.5 Å². The predicted molar refractivity (Wildman–Crippen MR) is 80.4 cm³/mol. The van der Waals surface area contributed by atoms with E-state index >= 15 is 0 Å². The van der Waals surface area contributed by atoms with Gasteiger partial charge in [0, 0.05) is 18.2 Å². The minimum absolute atomic E-state index is 0.432. The molecule has 1 N–H and O–H groups in total. The standard InChI is InChI=1S/C13H13BrClN3O/c1-3-12-17-11(15)7-13(18-12)16-8-4-5-10(19-2)9(14)6-8/h4-7H,3H2,1-2H3,(H,16,17,18). The largest absolute Gasteiger partial charge is 0.496 e. The summed E-state index contributed by atoms with van der Waals surface area (Å²) in [7, 11) is 1.63. The number of nitrogens with one attached hydrogen (secondary N) is 1. The van der Waals surface area contributed by atoms with E-state index in [2.05, 4.69) is 31.2 Å². The number of rotatable bonds is 4. The molecule has 19 heavy (non-hydrogen) atoms. The molecule has 100 valence electrons. The molecule has 0 saturated carbocycles. The molecule has 0 radical (unpaired) electrons. The first kappa shape index (κ1) is 14.1. The first-order valence-electron chi connectivity index (χ1n) is 5.76. The van der Waals surface area contributed by atoms with Crippen LogP contribution in [-0.2, 0) is 6.42 Å². The number of nitrogens with zero attached hydrogens (tertiary/aromatic N) is 2. The van der Waals surface area contributed by atoms with Crippen molar-refractivity contribution in [1.29, 1.82) is 0 Å². The summed E-state index contributed by atoms with van der Waals surface area (Å²) < 4.78 is 6.06. The first-order valence-corrected chi connectivity index (χ1v) is 6.93. The molecule has 0 saturated heterocycles. The zero-order valence-corrected chi connectivity index (χ0v) is 12.9. The monoisotopic (exact) mass is 341 g/mol. The number of aryl methyl sites for hydroxylation is 1. The Kier molecular flexibility index (Phi) is 4.61. The Labute approximate surface area is 125 Å². The third-order valence-electron chi connectivity index (χ3n) is 2.48. The number of halogens is 2. The zero-order valence-electron chi connectivity index (χ0n) is 10.6. The van der Waals surface area contributed by atoms with Gasteiger partial charge in [0.05, 0.1) is 11.6 Å². The molecule has 0 aliphatic rings. The minimum Gasteiger partial charge on any atom is -0.496 e. The van der Waals surface area contributed by atoms with Crippen LogP contribution in [0.2, 0.25) is 5.15 Å². The van der Waals surface area contributed by atoms with Crippen molar-refractivity contribution in [2.45, 2.75) is 13.3 Å². The normalized spacial score (nSPS) is 10.3. The Morgan fingerprint density at radius 3 is 2.74 bits per heavy atom. The number of hydrogen-bond acceptors (Lipinski definition) is 4. The summed E-state index contributed by atoms with van der Waals surface area (Å²) >= 11 is 9.39. The van der Waals surface area contributed by atoms with E-state index in [1.165, 1.54) is 0 Å². The second-order valence-electron chi connectivity index (χ2n) is 3.82. The van der Waals surface area contributed by atoms with Crippen LogP contribution in [0.25, 0.3) is 0 Å². The van der Waals surface area contributed by atoms with E-state index in [1.807, 2.05) is 25.1 Å². The number of methoxy groups -OCH3 is 1. The molecule has 0 amide bonds. The summed E-state index contributed by atoms with van der Waals surface area (Å²) in [4.78, 5) is 8.49. The molecule has 6 heteroatoms. The molecule has 0 bridgehead atoms. The van der Waals surface area contributed by atoms with E-state index < -0.39 is 0 Å². The van der Waals surface area contributed by atoms with Crippen LogP contribution in [0, 0.1) is 0 Å². The molecule has 0 fully saturated rings. The van der Waals surface area contributed by atoms with E-state index in [1.54, 1.807) is 13.2 Å². The first-order chi connectivity index (χ1) is 9.12. The maximum Gasteiger partial charge on any atom is 0.135 e. The lowest BCUT2D eigenvalue weighted by Crippen LogP contribution is -1.99. The molecule has 1 heterocycles. The Balaban J connectivity index is 2.25. The summed E-state index contributed by atoms with van der Waals surface area (Å²) in [5.41, 5.74) is 0.893. The summed E-state index contributed by atoms with van der Waals surface area (Å²) in [5.74, 6) is 2.16. The van der Waals surface area contributed by atoms with Crippen LogP contribution in [0.5, 0.6) is 5.75 Å². The number of anilines is 2. The quantitative estimate of drug-likeness (QED) is 0.846. The van der Waals surface area contributed by atoms with Gasteiger partial charge in [-0.25, -0.2) is 9.97 Å².